The van der Waals surface area contributed by atoms with Gasteiger partial charge in [0.05, 0.1) is 0 Å². The molecule has 0 atom stereocenters. The third-order valence-electron chi connectivity index (χ3n) is 1.73. The van der Waals surface area contributed by atoms with E-state index in [0.29, 0.717) is 0 Å². The molecule has 8 heavy (non-hydrogen) atoms. The van der Waals surface area contributed by atoms with E-state index in [2.05, 4.69) is 20.8 Å². The van der Waals surface area contributed by atoms with Crippen molar-refractivity contribution in [2.75, 3.05) is 0 Å². The molecule has 2 heteroatoms. The Bertz CT molecular complexity index is 30.0. The van der Waals surface area contributed by atoms with E-state index >= 15 is 0 Å². The maximum Gasteiger partial charge on any atom is 0.0359 e. The Morgan fingerprint density at radius 3 is 1.12 bits per heavy atom. The molecule has 0 saturated carbocycles. The summed E-state index contributed by atoms with van der Waals surface area (Å²) in [6, 6.07) is 4.48. The van der Waals surface area contributed by atoms with Crippen LogP contribution in [-0.2, 0) is 0 Å². The predicted octanol–water partition coefficient (Wildman–Crippen LogP) is 1.89. The van der Waals surface area contributed by atoms with Gasteiger partial charge in [0.2, 0.25) is 0 Å². The van der Waals surface area contributed by atoms with Gasteiger partial charge in [-0.3, -0.25) is 0 Å². The molecule has 0 aromatic heterocycles. The fraction of sp³-hybridized carbons (Fsp3) is 1.00. The van der Waals surface area contributed by atoms with Crippen molar-refractivity contribution in [1.29, 1.82) is 0 Å². The van der Waals surface area contributed by atoms with Crippen LogP contribution in [0, 0.1) is 0 Å². The Morgan fingerprint density at radius 1 is 0.875 bits per heavy atom. The van der Waals surface area contributed by atoms with Gasteiger partial charge in [-0.25, -0.2) is 0 Å². The third kappa shape index (κ3) is 5.36. The largest absolute Gasteiger partial charge is 0.0680 e. The first-order valence-electron chi connectivity index (χ1n) is 3.35. The summed E-state index contributed by atoms with van der Waals surface area (Å²) in [4.78, 5) is 0. The molecule has 45 valence electrons. The van der Waals surface area contributed by atoms with Gasteiger partial charge in [0.15, 0.2) is 0 Å². The molecule has 0 aromatic rings. The van der Waals surface area contributed by atoms with Crippen LogP contribution in [-0.4, -0.2) is 38.4 Å². The summed E-state index contributed by atoms with van der Waals surface area (Å²) in [7, 11) is -0.171. The van der Waals surface area contributed by atoms with Crippen molar-refractivity contribution in [3.63, 3.8) is 0 Å². The van der Waals surface area contributed by atoms with Crippen molar-refractivity contribution in [3.8, 4) is 0 Å². The first-order valence-corrected chi connectivity index (χ1v) is 5.80. The minimum absolute atomic E-state index is 0. The van der Waals surface area contributed by atoms with Crippen LogP contribution in [0.5, 0.6) is 0 Å². The average Bonchev–Trinajstić information content (AvgIpc) is 1.72. The zero-order chi connectivity index (χ0) is 5.70. The predicted molar refractivity (Wildman–Crippen MR) is 44.3 cm³/mol. The van der Waals surface area contributed by atoms with E-state index in [1.54, 1.807) is 0 Å². The second-order valence-corrected chi connectivity index (χ2v) is 6.27. The van der Waals surface area contributed by atoms with Crippen LogP contribution in [0.3, 0.4) is 0 Å². The fourth-order valence-electron chi connectivity index (χ4n) is 0.866. The van der Waals surface area contributed by atoms with Gasteiger partial charge in [-0.2, -0.15) is 0 Å². The molecule has 1 radical (unpaired) electrons. The Balaban J connectivity index is 0. The molecule has 0 saturated heterocycles. The van der Waals surface area contributed by atoms with Crippen LogP contribution in [0.15, 0.2) is 0 Å². The summed E-state index contributed by atoms with van der Waals surface area (Å²) < 4.78 is 0. The summed E-state index contributed by atoms with van der Waals surface area (Å²) in [5, 5.41) is 0. The van der Waals surface area contributed by atoms with Crippen LogP contribution in [0.25, 0.3) is 0 Å². The Hall–Kier alpha value is 1.22. The van der Waals surface area contributed by atoms with Gasteiger partial charge in [-0.15, -0.1) is 0 Å². The topological polar surface area (TPSA) is 0 Å². The van der Waals surface area contributed by atoms with Gasteiger partial charge in [-0.1, -0.05) is 38.9 Å². The number of hydrogen-bond acceptors (Lipinski definition) is 0. The van der Waals surface area contributed by atoms with Crippen molar-refractivity contribution in [1.82, 2.24) is 0 Å². The van der Waals surface area contributed by atoms with E-state index < -0.39 is 0 Å². The Morgan fingerprint density at radius 2 is 1.12 bits per heavy atom. The maximum atomic E-state index is 2.32. The van der Waals surface area contributed by atoms with Gasteiger partial charge >= 0.3 is 0 Å². The van der Waals surface area contributed by atoms with E-state index in [1.165, 1.54) is 18.1 Å². The standard InChI is InChI=1S/C6H16Si.Na/c1-4-7(5-2)6-3;/h7H,4-6H2,1-3H3;. The number of hydrogen-bond donors (Lipinski definition) is 0. The zero-order valence-corrected chi connectivity index (χ0v) is 9.85. The van der Waals surface area contributed by atoms with Gasteiger partial charge in [0, 0.05) is 38.4 Å². The van der Waals surface area contributed by atoms with Gasteiger partial charge in [0.25, 0.3) is 0 Å². The normalized spacial score (nSPS) is 9.00. The van der Waals surface area contributed by atoms with Crippen molar-refractivity contribution >= 4 is 38.4 Å². The zero-order valence-electron chi connectivity index (χ0n) is 6.70. The maximum absolute atomic E-state index is 2.32. The van der Waals surface area contributed by atoms with Gasteiger partial charge in [-0.05, 0) is 0 Å². The minimum atomic E-state index is -0.171. The van der Waals surface area contributed by atoms with E-state index in [9.17, 15) is 0 Å². The molecule has 0 nitrogen and oxygen atoms in total. The molecule has 0 aliphatic rings. The molecule has 0 heterocycles. The van der Waals surface area contributed by atoms with E-state index in [0.717, 1.165) is 0 Å². The Labute approximate surface area is 77.0 Å². The van der Waals surface area contributed by atoms with Crippen LogP contribution in [0.4, 0.5) is 0 Å². The summed E-state index contributed by atoms with van der Waals surface area (Å²) in [6.45, 7) is 6.97. The SMILES string of the molecule is CC[SiH](CC)CC.[Na]. The summed E-state index contributed by atoms with van der Waals surface area (Å²) in [6.07, 6.45) is 0. The smallest absolute Gasteiger partial charge is 0.0359 e. The first kappa shape index (κ1) is 11.9. The Kier molecular flexibility index (Phi) is 12.3. The molecular weight excluding hydrogens is 123 g/mol. The van der Waals surface area contributed by atoms with Crippen molar-refractivity contribution in [3.05, 3.63) is 0 Å². The quantitative estimate of drug-likeness (QED) is 0.524. The summed E-state index contributed by atoms with van der Waals surface area (Å²) >= 11 is 0. The molecular formula is C6H16NaSi. The van der Waals surface area contributed by atoms with Crippen LogP contribution in [0.1, 0.15) is 20.8 Å². The second kappa shape index (κ2) is 8.22. The first-order chi connectivity index (χ1) is 3.35. The molecule has 0 fully saturated rings. The average molecular weight is 139 g/mol. The molecule has 0 aliphatic carbocycles. The second-order valence-electron chi connectivity index (χ2n) is 2.09. The van der Waals surface area contributed by atoms with Gasteiger partial charge < -0.3 is 0 Å². The number of rotatable bonds is 3. The van der Waals surface area contributed by atoms with E-state index in [-0.39, 0.29) is 38.4 Å². The fourth-order valence-corrected chi connectivity index (χ4v) is 2.60. The van der Waals surface area contributed by atoms with E-state index in [4.69, 9.17) is 0 Å². The molecule has 0 bridgehead atoms. The monoisotopic (exact) mass is 139 g/mol. The summed E-state index contributed by atoms with van der Waals surface area (Å²) in [5.74, 6) is 0. The molecule has 0 rings (SSSR count). The van der Waals surface area contributed by atoms with E-state index in [1.807, 2.05) is 0 Å². The summed E-state index contributed by atoms with van der Waals surface area (Å²) in [5.41, 5.74) is 0. The van der Waals surface area contributed by atoms with Crippen LogP contribution in [0.2, 0.25) is 18.1 Å². The molecule has 0 aromatic carbocycles. The van der Waals surface area contributed by atoms with Crippen molar-refractivity contribution in [2.24, 2.45) is 0 Å². The molecule has 0 N–H and O–H groups in total. The third-order valence-corrected chi connectivity index (χ3v) is 5.20. The molecule has 0 spiro atoms. The van der Waals surface area contributed by atoms with Crippen molar-refractivity contribution in [2.45, 2.75) is 38.9 Å². The molecule has 0 aliphatic heterocycles. The van der Waals surface area contributed by atoms with Gasteiger partial charge in [0.1, 0.15) is 0 Å². The van der Waals surface area contributed by atoms with Crippen LogP contribution >= 0.6 is 0 Å². The van der Waals surface area contributed by atoms with Crippen molar-refractivity contribution < 1.29 is 0 Å². The minimum Gasteiger partial charge on any atom is -0.0680 e. The molecule has 0 amide bonds. The molecule has 0 unspecified atom stereocenters. The van der Waals surface area contributed by atoms with Crippen LogP contribution < -0.4 is 0 Å².